The zero-order valence-corrected chi connectivity index (χ0v) is 13.5. The number of aromatic nitrogens is 1. The van der Waals surface area contributed by atoms with Gasteiger partial charge in [0.15, 0.2) is 0 Å². The van der Waals surface area contributed by atoms with Crippen molar-refractivity contribution < 1.29 is 4.74 Å². The Kier molecular flexibility index (Phi) is 7.13. The maximum atomic E-state index is 5.39. The first-order valence-electron chi connectivity index (χ1n) is 7.34. The minimum Gasteiger partial charge on any atom is -0.383 e. The molecule has 0 aromatic carbocycles. The van der Waals surface area contributed by atoms with Gasteiger partial charge in [-0.3, -0.25) is 9.88 Å². The zero-order chi connectivity index (χ0) is 15.0. The summed E-state index contributed by atoms with van der Waals surface area (Å²) >= 11 is 0. The zero-order valence-electron chi connectivity index (χ0n) is 13.5. The van der Waals surface area contributed by atoms with Crippen LogP contribution in [-0.4, -0.2) is 48.3 Å². The molecular weight excluding hydrogens is 250 g/mol. The van der Waals surface area contributed by atoms with Gasteiger partial charge in [-0.1, -0.05) is 13.0 Å². The molecule has 1 rings (SSSR count). The van der Waals surface area contributed by atoms with Gasteiger partial charge in [-0.2, -0.15) is 0 Å². The highest BCUT2D eigenvalue weighted by atomic mass is 16.5. The van der Waals surface area contributed by atoms with Crippen LogP contribution in [0.1, 0.15) is 33.4 Å². The summed E-state index contributed by atoms with van der Waals surface area (Å²) in [5, 5.41) is 3.57. The predicted molar refractivity (Wildman–Crippen MR) is 83.7 cm³/mol. The fourth-order valence-corrected chi connectivity index (χ4v) is 2.11. The molecular formula is C16H29N3O. The third-order valence-electron chi connectivity index (χ3n) is 3.24. The van der Waals surface area contributed by atoms with Crippen LogP contribution in [0.2, 0.25) is 0 Å². The molecule has 0 fully saturated rings. The number of rotatable bonds is 8. The van der Waals surface area contributed by atoms with E-state index in [9.17, 15) is 0 Å². The van der Waals surface area contributed by atoms with Gasteiger partial charge in [0.05, 0.1) is 12.3 Å². The lowest BCUT2D eigenvalue weighted by Crippen LogP contribution is -2.49. The molecule has 0 aliphatic carbocycles. The summed E-state index contributed by atoms with van der Waals surface area (Å²) in [5.41, 5.74) is 1.22. The van der Waals surface area contributed by atoms with E-state index in [0.29, 0.717) is 6.04 Å². The molecule has 1 unspecified atom stereocenters. The number of nitrogens with one attached hydrogen (secondary N) is 1. The quantitative estimate of drug-likeness (QED) is 0.792. The topological polar surface area (TPSA) is 37.4 Å². The molecule has 1 N–H and O–H groups in total. The Balaban J connectivity index is 2.65. The fourth-order valence-electron chi connectivity index (χ4n) is 2.11. The highest BCUT2D eigenvalue weighted by molar-refractivity contribution is 5.03. The molecule has 1 atom stereocenters. The van der Waals surface area contributed by atoms with Crippen LogP contribution in [0.5, 0.6) is 0 Å². The first-order valence-corrected chi connectivity index (χ1v) is 7.34. The minimum absolute atomic E-state index is 0.121. The molecule has 1 aromatic heterocycles. The second kappa shape index (κ2) is 8.35. The number of nitrogens with zero attached hydrogens (tertiary/aromatic N) is 2. The monoisotopic (exact) mass is 279 g/mol. The fraction of sp³-hybridized carbons (Fsp3) is 0.688. The van der Waals surface area contributed by atoms with Crippen molar-refractivity contribution in [3.8, 4) is 0 Å². The summed E-state index contributed by atoms with van der Waals surface area (Å²) in [6.45, 7) is 12.2. The van der Waals surface area contributed by atoms with Crippen molar-refractivity contribution in [3.05, 3.63) is 30.1 Å². The first kappa shape index (κ1) is 17.1. The Hall–Kier alpha value is -0.970. The van der Waals surface area contributed by atoms with Gasteiger partial charge in [0.2, 0.25) is 0 Å². The lowest BCUT2D eigenvalue weighted by molar-refractivity contribution is 0.0832. The average Bonchev–Trinajstić information content (AvgIpc) is 2.41. The van der Waals surface area contributed by atoms with E-state index in [1.165, 1.54) is 0 Å². The first-order chi connectivity index (χ1) is 9.46. The minimum atomic E-state index is 0.121. The van der Waals surface area contributed by atoms with Gasteiger partial charge in [0.1, 0.15) is 0 Å². The van der Waals surface area contributed by atoms with Crippen LogP contribution in [0.4, 0.5) is 0 Å². The van der Waals surface area contributed by atoms with E-state index in [4.69, 9.17) is 4.74 Å². The van der Waals surface area contributed by atoms with E-state index < -0.39 is 0 Å². The van der Waals surface area contributed by atoms with Gasteiger partial charge in [-0.15, -0.1) is 0 Å². The summed E-state index contributed by atoms with van der Waals surface area (Å²) in [6, 6.07) is 6.41. The van der Waals surface area contributed by atoms with E-state index in [1.807, 2.05) is 18.3 Å². The van der Waals surface area contributed by atoms with Crippen molar-refractivity contribution >= 4 is 0 Å². The predicted octanol–water partition coefficient (Wildman–Crippen LogP) is 2.31. The van der Waals surface area contributed by atoms with Crippen molar-refractivity contribution in [1.29, 1.82) is 0 Å². The Bertz CT molecular complexity index is 362. The third-order valence-corrected chi connectivity index (χ3v) is 3.24. The van der Waals surface area contributed by atoms with E-state index >= 15 is 0 Å². The largest absolute Gasteiger partial charge is 0.383 e. The molecule has 114 valence electrons. The van der Waals surface area contributed by atoms with E-state index in [2.05, 4.69) is 49.0 Å². The van der Waals surface area contributed by atoms with Gasteiger partial charge < -0.3 is 10.1 Å². The van der Waals surface area contributed by atoms with Gasteiger partial charge >= 0.3 is 0 Å². The maximum absolute atomic E-state index is 5.39. The maximum Gasteiger partial charge on any atom is 0.0630 e. The van der Waals surface area contributed by atoms with Gasteiger partial charge in [0.25, 0.3) is 0 Å². The molecule has 0 aliphatic rings. The Labute approximate surface area is 123 Å². The number of methoxy groups -OCH3 is 1. The number of hydrogen-bond donors (Lipinski definition) is 1. The molecule has 0 amide bonds. The van der Waals surface area contributed by atoms with Crippen LogP contribution >= 0.6 is 0 Å². The number of hydrogen-bond acceptors (Lipinski definition) is 4. The van der Waals surface area contributed by atoms with Crippen LogP contribution in [0.3, 0.4) is 0 Å². The molecule has 4 heteroatoms. The molecule has 0 saturated heterocycles. The third kappa shape index (κ3) is 6.46. The Morgan fingerprint density at radius 2 is 2.10 bits per heavy atom. The van der Waals surface area contributed by atoms with E-state index in [0.717, 1.165) is 31.9 Å². The highest BCUT2D eigenvalue weighted by Crippen LogP contribution is 2.08. The SMILES string of the molecule is CCN(Cc1ccccn1)C(CNC(C)(C)C)COC. The van der Waals surface area contributed by atoms with Crippen LogP contribution in [0, 0.1) is 0 Å². The standard InChI is InChI=1S/C16H29N3O/c1-6-19(12-14-9-7-8-10-17-14)15(13-20-5)11-18-16(2,3)4/h7-10,15,18H,6,11-13H2,1-5H3. The van der Waals surface area contributed by atoms with Crippen LogP contribution < -0.4 is 5.32 Å². The highest BCUT2D eigenvalue weighted by Gasteiger charge is 2.20. The number of ether oxygens (including phenoxy) is 1. The molecule has 0 spiro atoms. The Morgan fingerprint density at radius 3 is 2.60 bits per heavy atom. The van der Waals surface area contributed by atoms with Crippen LogP contribution in [0.15, 0.2) is 24.4 Å². The summed E-state index contributed by atoms with van der Waals surface area (Å²) in [6.07, 6.45) is 1.85. The summed E-state index contributed by atoms with van der Waals surface area (Å²) in [7, 11) is 1.76. The molecule has 0 bridgehead atoms. The second-order valence-electron chi connectivity index (χ2n) is 6.12. The number of pyridine rings is 1. The molecule has 1 heterocycles. The number of likely N-dealkylation sites (N-methyl/N-ethyl adjacent to an activating group) is 1. The van der Waals surface area contributed by atoms with Crippen molar-refractivity contribution in [2.45, 2.75) is 45.8 Å². The summed E-state index contributed by atoms with van der Waals surface area (Å²) in [4.78, 5) is 6.82. The van der Waals surface area contributed by atoms with Crippen molar-refractivity contribution in [3.63, 3.8) is 0 Å². The van der Waals surface area contributed by atoms with Crippen molar-refractivity contribution in [1.82, 2.24) is 15.2 Å². The van der Waals surface area contributed by atoms with Crippen molar-refractivity contribution in [2.75, 3.05) is 26.8 Å². The van der Waals surface area contributed by atoms with Crippen molar-refractivity contribution in [2.24, 2.45) is 0 Å². The molecule has 0 aliphatic heterocycles. The van der Waals surface area contributed by atoms with Crippen LogP contribution in [-0.2, 0) is 11.3 Å². The van der Waals surface area contributed by atoms with Gasteiger partial charge in [-0.05, 0) is 39.4 Å². The molecule has 0 radical (unpaired) electrons. The molecule has 1 aromatic rings. The van der Waals surface area contributed by atoms with Gasteiger partial charge in [0, 0.05) is 38.0 Å². The lowest BCUT2D eigenvalue weighted by atomic mass is 10.1. The smallest absolute Gasteiger partial charge is 0.0630 e. The molecule has 0 saturated carbocycles. The lowest BCUT2D eigenvalue weighted by Gasteiger charge is -2.33. The molecule has 20 heavy (non-hydrogen) atoms. The Morgan fingerprint density at radius 1 is 1.35 bits per heavy atom. The van der Waals surface area contributed by atoms with E-state index in [-0.39, 0.29) is 5.54 Å². The van der Waals surface area contributed by atoms with Gasteiger partial charge in [-0.25, -0.2) is 0 Å². The van der Waals surface area contributed by atoms with Crippen LogP contribution in [0.25, 0.3) is 0 Å². The summed E-state index contributed by atoms with van der Waals surface area (Å²) < 4.78 is 5.39. The molecule has 4 nitrogen and oxygen atoms in total. The second-order valence-corrected chi connectivity index (χ2v) is 6.12. The summed E-state index contributed by atoms with van der Waals surface area (Å²) in [5.74, 6) is 0. The average molecular weight is 279 g/mol. The normalized spacial score (nSPS) is 13.7. The van der Waals surface area contributed by atoms with E-state index in [1.54, 1.807) is 7.11 Å².